The third-order valence-electron chi connectivity index (χ3n) is 1.99. The molecule has 0 aliphatic heterocycles. The molecule has 1 unspecified atom stereocenters. The standard InChI is InChI=1S/C5H11NO2.C4H10N2O2/c1-3(2)4(6)5(7)8;1-2-4(5,6)3(7)8/h3-4H,6H2,1-2H3,(H,7,8);2,5-6H2,1H3,(H,7,8). The summed E-state index contributed by atoms with van der Waals surface area (Å²) in [6.45, 7) is 5.17. The summed E-state index contributed by atoms with van der Waals surface area (Å²) in [5, 5.41) is 16.4. The lowest BCUT2D eigenvalue weighted by Crippen LogP contribution is -2.55. The molecule has 0 saturated carbocycles. The zero-order valence-electron chi connectivity index (χ0n) is 9.80. The van der Waals surface area contributed by atoms with Gasteiger partial charge in [-0.1, -0.05) is 20.8 Å². The number of carbonyl (C=O) groups is 2. The van der Waals surface area contributed by atoms with Crippen molar-refractivity contribution < 1.29 is 19.8 Å². The minimum Gasteiger partial charge on any atom is -0.480 e. The quantitative estimate of drug-likeness (QED) is 0.398. The Morgan fingerprint density at radius 1 is 1.25 bits per heavy atom. The fourth-order valence-corrected chi connectivity index (χ4v) is 0.436. The summed E-state index contributed by atoms with van der Waals surface area (Å²) >= 11 is 0. The Bertz CT molecular complexity index is 241. The van der Waals surface area contributed by atoms with Gasteiger partial charge in [0.05, 0.1) is 0 Å². The van der Waals surface area contributed by atoms with Crippen LogP contribution in [0.2, 0.25) is 0 Å². The maximum atomic E-state index is 10.0. The lowest BCUT2D eigenvalue weighted by atomic mass is 10.1. The largest absolute Gasteiger partial charge is 0.480 e. The Labute approximate surface area is 94.6 Å². The van der Waals surface area contributed by atoms with Crippen LogP contribution in [0.15, 0.2) is 0 Å². The van der Waals surface area contributed by atoms with E-state index >= 15 is 0 Å². The first-order chi connectivity index (χ1) is 7.06. The number of carboxylic acids is 2. The van der Waals surface area contributed by atoms with Crippen molar-refractivity contribution in [2.45, 2.75) is 38.9 Å². The van der Waals surface area contributed by atoms with Gasteiger partial charge in [-0.3, -0.25) is 4.79 Å². The molecule has 0 radical (unpaired) electrons. The van der Waals surface area contributed by atoms with Crippen LogP contribution in [0, 0.1) is 5.92 Å². The lowest BCUT2D eigenvalue weighted by molar-refractivity contribution is -0.143. The Hall–Kier alpha value is -1.18. The summed E-state index contributed by atoms with van der Waals surface area (Å²) in [6, 6.07) is -0.713. The average molecular weight is 235 g/mol. The van der Waals surface area contributed by atoms with Crippen LogP contribution in [0.4, 0.5) is 0 Å². The second-order valence-corrected chi connectivity index (χ2v) is 3.81. The van der Waals surface area contributed by atoms with Crippen LogP contribution in [0.5, 0.6) is 0 Å². The monoisotopic (exact) mass is 235 g/mol. The minimum atomic E-state index is -1.54. The van der Waals surface area contributed by atoms with E-state index in [1.54, 1.807) is 20.8 Å². The van der Waals surface area contributed by atoms with Crippen LogP contribution in [-0.4, -0.2) is 33.9 Å². The van der Waals surface area contributed by atoms with Gasteiger partial charge in [-0.2, -0.15) is 0 Å². The van der Waals surface area contributed by atoms with Crippen molar-refractivity contribution in [2.75, 3.05) is 0 Å². The smallest absolute Gasteiger partial charge is 0.338 e. The van der Waals surface area contributed by atoms with Crippen LogP contribution in [0.1, 0.15) is 27.2 Å². The topological polar surface area (TPSA) is 153 Å². The van der Waals surface area contributed by atoms with Crippen LogP contribution >= 0.6 is 0 Å². The third-order valence-corrected chi connectivity index (χ3v) is 1.99. The van der Waals surface area contributed by atoms with Gasteiger partial charge < -0.3 is 27.4 Å². The summed E-state index contributed by atoms with van der Waals surface area (Å²) < 4.78 is 0. The van der Waals surface area contributed by atoms with Gasteiger partial charge in [-0.15, -0.1) is 0 Å². The average Bonchev–Trinajstić information content (AvgIpc) is 2.17. The van der Waals surface area contributed by atoms with E-state index in [9.17, 15) is 9.59 Å². The number of carboxylic acid groups (broad SMARTS) is 2. The Morgan fingerprint density at radius 3 is 1.62 bits per heavy atom. The first-order valence-electron chi connectivity index (χ1n) is 4.85. The molecular formula is C9H21N3O4. The maximum Gasteiger partial charge on any atom is 0.338 e. The molecule has 0 rings (SSSR count). The minimum absolute atomic E-state index is 0.0208. The van der Waals surface area contributed by atoms with E-state index in [4.69, 9.17) is 27.4 Å². The molecule has 0 saturated heterocycles. The van der Waals surface area contributed by atoms with Gasteiger partial charge in [0.2, 0.25) is 0 Å². The van der Waals surface area contributed by atoms with Crippen molar-refractivity contribution in [1.82, 2.24) is 0 Å². The van der Waals surface area contributed by atoms with Gasteiger partial charge in [0, 0.05) is 0 Å². The van der Waals surface area contributed by atoms with E-state index in [2.05, 4.69) is 0 Å². The highest BCUT2D eigenvalue weighted by molar-refractivity contribution is 5.77. The van der Waals surface area contributed by atoms with E-state index in [1.807, 2.05) is 0 Å². The Kier molecular flexibility index (Phi) is 7.70. The summed E-state index contributed by atoms with van der Waals surface area (Å²) in [6.07, 6.45) is 0.238. The van der Waals surface area contributed by atoms with Crippen molar-refractivity contribution >= 4 is 11.9 Å². The molecule has 0 aromatic rings. The van der Waals surface area contributed by atoms with Gasteiger partial charge in [0.15, 0.2) is 5.66 Å². The number of nitrogens with two attached hydrogens (primary N) is 3. The molecule has 7 nitrogen and oxygen atoms in total. The van der Waals surface area contributed by atoms with Crippen LogP contribution in [0.25, 0.3) is 0 Å². The zero-order valence-corrected chi connectivity index (χ0v) is 9.80. The zero-order chi connectivity index (χ0) is 13.5. The lowest BCUT2D eigenvalue weighted by Gasteiger charge is -2.14. The molecule has 96 valence electrons. The Morgan fingerprint density at radius 2 is 1.62 bits per heavy atom. The fourth-order valence-electron chi connectivity index (χ4n) is 0.436. The first kappa shape index (κ1) is 17.2. The SMILES string of the molecule is CC(C)C(N)C(=O)O.CCC(N)(N)C(=O)O. The van der Waals surface area contributed by atoms with E-state index in [0.717, 1.165) is 0 Å². The molecule has 8 N–H and O–H groups in total. The molecule has 0 amide bonds. The summed E-state index contributed by atoms with van der Waals surface area (Å²) in [5.41, 5.74) is 13.7. The molecule has 0 aliphatic carbocycles. The normalized spacial score (nSPS) is 12.7. The summed E-state index contributed by atoms with van der Waals surface area (Å²) in [5.74, 6) is -2.08. The number of hydrogen-bond acceptors (Lipinski definition) is 5. The molecule has 7 heteroatoms. The molecule has 0 heterocycles. The first-order valence-corrected chi connectivity index (χ1v) is 4.85. The second kappa shape index (κ2) is 7.15. The van der Waals surface area contributed by atoms with Gasteiger partial charge in [-0.05, 0) is 12.3 Å². The Balaban J connectivity index is 0. The van der Waals surface area contributed by atoms with Crippen LogP contribution in [0.3, 0.4) is 0 Å². The molecule has 0 bridgehead atoms. The van der Waals surface area contributed by atoms with Crippen molar-refractivity contribution in [3.8, 4) is 0 Å². The van der Waals surface area contributed by atoms with Crippen molar-refractivity contribution in [3.63, 3.8) is 0 Å². The predicted molar refractivity (Wildman–Crippen MR) is 59.5 cm³/mol. The fraction of sp³-hybridized carbons (Fsp3) is 0.778. The number of rotatable bonds is 4. The van der Waals surface area contributed by atoms with E-state index in [1.165, 1.54) is 0 Å². The molecule has 1 atom stereocenters. The molecule has 0 spiro atoms. The number of hydrogen-bond donors (Lipinski definition) is 5. The molecule has 16 heavy (non-hydrogen) atoms. The van der Waals surface area contributed by atoms with Crippen molar-refractivity contribution in [1.29, 1.82) is 0 Å². The van der Waals surface area contributed by atoms with Crippen molar-refractivity contribution in [2.24, 2.45) is 23.1 Å². The van der Waals surface area contributed by atoms with E-state index in [0.29, 0.717) is 0 Å². The van der Waals surface area contributed by atoms with Gasteiger partial charge in [0.25, 0.3) is 0 Å². The molecule has 0 fully saturated rings. The van der Waals surface area contributed by atoms with Crippen molar-refractivity contribution in [3.05, 3.63) is 0 Å². The highest BCUT2D eigenvalue weighted by Crippen LogP contribution is 1.96. The predicted octanol–water partition coefficient (Wildman–Crippen LogP) is -0.851. The maximum absolute atomic E-state index is 10.0. The van der Waals surface area contributed by atoms with Gasteiger partial charge >= 0.3 is 11.9 Å². The van der Waals surface area contributed by atoms with E-state index < -0.39 is 23.6 Å². The number of aliphatic carboxylic acids is 2. The second-order valence-electron chi connectivity index (χ2n) is 3.81. The summed E-state index contributed by atoms with van der Waals surface area (Å²) in [7, 11) is 0. The molecule has 0 aromatic heterocycles. The highest BCUT2D eigenvalue weighted by atomic mass is 16.4. The molecular weight excluding hydrogens is 214 g/mol. The van der Waals surface area contributed by atoms with Crippen LogP contribution < -0.4 is 17.2 Å². The summed E-state index contributed by atoms with van der Waals surface area (Å²) in [4.78, 5) is 20.0. The highest BCUT2D eigenvalue weighted by Gasteiger charge is 2.25. The third kappa shape index (κ3) is 7.16. The van der Waals surface area contributed by atoms with Gasteiger partial charge in [-0.25, -0.2) is 4.79 Å². The molecule has 0 aromatic carbocycles. The van der Waals surface area contributed by atoms with Gasteiger partial charge in [0.1, 0.15) is 6.04 Å². The van der Waals surface area contributed by atoms with Crippen LogP contribution in [-0.2, 0) is 9.59 Å². The van der Waals surface area contributed by atoms with E-state index in [-0.39, 0.29) is 12.3 Å². The molecule has 0 aliphatic rings.